The summed E-state index contributed by atoms with van der Waals surface area (Å²) in [5, 5.41) is 12.2. The maximum atomic E-state index is 9.05. The van der Waals surface area contributed by atoms with Gasteiger partial charge in [0.25, 0.3) is 0 Å². The molecule has 5 heteroatoms. The Morgan fingerprint density at radius 2 is 2.22 bits per heavy atom. The molecule has 0 saturated carbocycles. The van der Waals surface area contributed by atoms with Crippen molar-refractivity contribution in [2.75, 3.05) is 11.1 Å². The Kier molecular flexibility index (Phi) is 3.49. The van der Waals surface area contributed by atoms with Gasteiger partial charge in [-0.05, 0) is 30.7 Å². The number of aromatic nitrogens is 1. The minimum Gasteiger partial charge on any atom is -0.397 e. The zero-order valence-electron chi connectivity index (χ0n) is 9.74. The van der Waals surface area contributed by atoms with E-state index in [-0.39, 0.29) is 0 Å². The molecule has 0 saturated heterocycles. The summed E-state index contributed by atoms with van der Waals surface area (Å²) in [7, 11) is 0. The van der Waals surface area contributed by atoms with Gasteiger partial charge >= 0.3 is 0 Å². The monoisotopic (exact) mass is 302 g/mol. The lowest BCUT2D eigenvalue weighted by molar-refractivity contribution is 1.27. The minimum atomic E-state index is 0.425. The van der Waals surface area contributed by atoms with Crippen LogP contribution in [0.25, 0.3) is 0 Å². The molecular formula is C13H11BrN4. The molecule has 0 atom stereocenters. The van der Waals surface area contributed by atoms with Gasteiger partial charge in [-0.3, -0.25) is 0 Å². The van der Waals surface area contributed by atoms with E-state index in [0.717, 1.165) is 15.7 Å². The van der Waals surface area contributed by atoms with Crippen molar-refractivity contribution in [3.8, 4) is 6.07 Å². The maximum absolute atomic E-state index is 9.05. The Bertz CT molecular complexity index is 631. The molecule has 2 rings (SSSR count). The van der Waals surface area contributed by atoms with Crippen molar-refractivity contribution in [2.45, 2.75) is 6.92 Å². The number of nitriles is 1. The number of nitrogens with two attached hydrogens (primary N) is 1. The highest BCUT2D eigenvalue weighted by molar-refractivity contribution is 9.10. The smallest absolute Gasteiger partial charge is 0.148 e. The second-order valence-corrected chi connectivity index (χ2v) is 4.67. The molecule has 90 valence electrons. The first kappa shape index (κ1) is 12.4. The molecule has 0 aliphatic heterocycles. The average Bonchev–Trinajstić information content (AvgIpc) is 2.37. The van der Waals surface area contributed by atoms with E-state index in [2.05, 4.69) is 32.3 Å². The van der Waals surface area contributed by atoms with Gasteiger partial charge in [-0.15, -0.1) is 0 Å². The van der Waals surface area contributed by atoms with Crippen molar-refractivity contribution in [2.24, 2.45) is 0 Å². The highest BCUT2D eigenvalue weighted by Gasteiger charge is 2.07. The molecule has 0 spiro atoms. The molecule has 0 radical (unpaired) electrons. The van der Waals surface area contributed by atoms with Crippen molar-refractivity contribution >= 4 is 33.1 Å². The number of nitrogens with one attached hydrogen (secondary N) is 1. The van der Waals surface area contributed by atoms with Crippen LogP contribution in [-0.2, 0) is 0 Å². The topological polar surface area (TPSA) is 74.7 Å². The van der Waals surface area contributed by atoms with E-state index < -0.39 is 0 Å². The highest BCUT2D eigenvalue weighted by atomic mass is 79.9. The van der Waals surface area contributed by atoms with Gasteiger partial charge in [0, 0.05) is 10.2 Å². The molecule has 2 aromatic rings. The first-order valence-electron chi connectivity index (χ1n) is 5.29. The Hall–Kier alpha value is -2.06. The molecule has 1 heterocycles. The molecule has 0 bridgehead atoms. The van der Waals surface area contributed by atoms with Gasteiger partial charge in [0.2, 0.25) is 0 Å². The number of benzene rings is 1. The standard InChI is InChI=1S/C13H11BrN4/c1-8-11(14)3-2-4-12(8)18-13-9(6-15)5-10(16)7-17-13/h2-5,7H,16H2,1H3,(H,17,18). The van der Waals surface area contributed by atoms with Gasteiger partial charge in [0.15, 0.2) is 0 Å². The fourth-order valence-corrected chi connectivity index (χ4v) is 1.90. The van der Waals surface area contributed by atoms with Crippen LogP contribution in [0.2, 0.25) is 0 Å². The number of rotatable bonds is 2. The third-order valence-corrected chi connectivity index (χ3v) is 3.41. The van der Waals surface area contributed by atoms with Crippen LogP contribution in [0.3, 0.4) is 0 Å². The maximum Gasteiger partial charge on any atom is 0.148 e. The van der Waals surface area contributed by atoms with E-state index in [1.807, 2.05) is 25.1 Å². The molecule has 3 N–H and O–H groups in total. The zero-order chi connectivity index (χ0) is 13.1. The van der Waals surface area contributed by atoms with Gasteiger partial charge in [0.05, 0.1) is 17.4 Å². The third-order valence-electron chi connectivity index (χ3n) is 2.55. The average molecular weight is 303 g/mol. The SMILES string of the molecule is Cc1c(Br)cccc1Nc1ncc(N)cc1C#N. The Balaban J connectivity index is 2.41. The largest absolute Gasteiger partial charge is 0.397 e. The summed E-state index contributed by atoms with van der Waals surface area (Å²) >= 11 is 3.46. The quantitative estimate of drug-likeness (QED) is 0.892. The summed E-state index contributed by atoms with van der Waals surface area (Å²) in [6.07, 6.45) is 1.52. The van der Waals surface area contributed by atoms with E-state index in [0.29, 0.717) is 17.1 Å². The van der Waals surface area contributed by atoms with Crippen molar-refractivity contribution < 1.29 is 0 Å². The molecule has 0 unspecified atom stereocenters. The van der Waals surface area contributed by atoms with Crippen LogP contribution < -0.4 is 11.1 Å². The van der Waals surface area contributed by atoms with Crippen LogP contribution in [0.5, 0.6) is 0 Å². The summed E-state index contributed by atoms with van der Waals surface area (Å²) in [5.41, 5.74) is 8.46. The van der Waals surface area contributed by atoms with Crippen LogP contribution in [-0.4, -0.2) is 4.98 Å². The van der Waals surface area contributed by atoms with Gasteiger partial charge in [-0.25, -0.2) is 4.98 Å². The molecule has 0 aliphatic carbocycles. The number of hydrogen-bond donors (Lipinski definition) is 2. The van der Waals surface area contributed by atoms with Crippen molar-refractivity contribution in [3.05, 3.63) is 46.1 Å². The van der Waals surface area contributed by atoms with E-state index in [1.165, 1.54) is 6.20 Å². The number of nitrogen functional groups attached to an aromatic ring is 1. The second kappa shape index (κ2) is 5.07. The third kappa shape index (κ3) is 2.44. The zero-order valence-corrected chi connectivity index (χ0v) is 11.3. The van der Waals surface area contributed by atoms with Crippen molar-refractivity contribution in [3.63, 3.8) is 0 Å². The Labute approximate surface area is 114 Å². The molecular weight excluding hydrogens is 292 g/mol. The summed E-state index contributed by atoms with van der Waals surface area (Å²) < 4.78 is 1.00. The lowest BCUT2D eigenvalue weighted by atomic mass is 10.2. The molecule has 4 nitrogen and oxygen atoms in total. The minimum absolute atomic E-state index is 0.425. The Morgan fingerprint density at radius 3 is 2.94 bits per heavy atom. The van der Waals surface area contributed by atoms with Gasteiger partial charge in [-0.2, -0.15) is 5.26 Å². The van der Waals surface area contributed by atoms with Crippen LogP contribution in [0.4, 0.5) is 17.2 Å². The number of pyridine rings is 1. The van der Waals surface area contributed by atoms with Crippen LogP contribution in [0.1, 0.15) is 11.1 Å². The van der Waals surface area contributed by atoms with Crippen LogP contribution in [0, 0.1) is 18.3 Å². The van der Waals surface area contributed by atoms with Crippen LogP contribution >= 0.6 is 15.9 Å². The normalized spacial score (nSPS) is 9.83. The molecule has 1 aromatic heterocycles. The number of anilines is 3. The summed E-state index contributed by atoms with van der Waals surface area (Å²) in [5.74, 6) is 0.507. The van der Waals surface area contributed by atoms with Crippen molar-refractivity contribution in [1.29, 1.82) is 5.26 Å². The fraction of sp³-hybridized carbons (Fsp3) is 0.0769. The molecule has 0 aliphatic rings. The lowest BCUT2D eigenvalue weighted by Crippen LogP contribution is -2.00. The highest BCUT2D eigenvalue weighted by Crippen LogP contribution is 2.27. The number of hydrogen-bond acceptors (Lipinski definition) is 4. The predicted molar refractivity (Wildman–Crippen MR) is 75.5 cm³/mol. The molecule has 0 fully saturated rings. The number of halogens is 1. The van der Waals surface area contributed by atoms with Gasteiger partial charge in [0.1, 0.15) is 11.9 Å². The second-order valence-electron chi connectivity index (χ2n) is 3.81. The molecule has 0 amide bonds. The summed E-state index contributed by atoms with van der Waals surface area (Å²) in [6, 6.07) is 9.48. The lowest BCUT2D eigenvalue weighted by Gasteiger charge is -2.11. The summed E-state index contributed by atoms with van der Waals surface area (Å²) in [4.78, 5) is 4.14. The van der Waals surface area contributed by atoms with E-state index in [1.54, 1.807) is 6.07 Å². The van der Waals surface area contributed by atoms with E-state index >= 15 is 0 Å². The first-order chi connectivity index (χ1) is 8.61. The summed E-state index contributed by atoms with van der Waals surface area (Å²) in [6.45, 7) is 1.98. The fourth-order valence-electron chi connectivity index (χ4n) is 1.54. The molecule has 18 heavy (non-hydrogen) atoms. The van der Waals surface area contributed by atoms with Gasteiger partial charge < -0.3 is 11.1 Å². The van der Waals surface area contributed by atoms with Crippen LogP contribution in [0.15, 0.2) is 34.9 Å². The van der Waals surface area contributed by atoms with E-state index in [9.17, 15) is 0 Å². The number of nitrogens with zero attached hydrogens (tertiary/aromatic N) is 2. The first-order valence-corrected chi connectivity index (χ1v) is 6.09. The Morgan fingerprint density at radius 1 is 1.44 bits per heavy atom. The predicted octanol–water partition coefficient (Wildman–Crippen LogP) is 3.35. The molecule has 1 aromatic carbocycles. The van der Waals surface area contributed by atoms with Crippen molar-refractivity contribution in [1.82, 2.24) is 4.98 Å². The van der Waals surface area contributed by atoms with Gasteiger partial charge in [-0.1, -0.05) is 22.0 Å². The van der Waals surface area contributed by atoms with E-state index in [4.69, 9.17) is 11.0 Å².